The predicted octanol–water partition coefficient (Wildman–Crippen LogP) is 2.67. The first-order valence-corrected chi connectivity index (χ1v) is 8.73. The lowest BCUT2D eigenvalue weighted by Crippen LogP contribution is -2.09. The van der Waals surface area contributed by atoms with Crippen molar-refractivity contribution in [3.63, 3.8) is 0 Å². The van der Waals surface area contributed by atoms with Crippen LogP contribution in [0, 0.1) is 24.1 Å². The number of nitrogens with zero attached hydrogens (tertiary/aromatic N) is 5. The molecule has 0 saturated heterocycles. The third kappa shape index (κ3) is 4.77. The van der Waals surface area contributed by atoms with E-state index in [1.54, 1.807) is 31.2 Å². The second kappa shape index (κ2) is 9.29. The van der Waals surface area contributed by atoms with E-state index in [2.05, 4.69) is 20.8 Å². The molecule has 1 aromatic heterocycles. The van der Waals surface area contributed by atoms with E-state index in [0.717, 1.165) is 0 Å². The molecule has 0 spiro atoms. The first-order valence-electron chi connectivity index (χ1n) is 8.73. The number of amides is 1. The lowest BCUT2D eigenvalue weighted by Gasteiger charge is -2.09. The van der Waals surface area contributed by atoms with Crippen molar-refractivity contribution >= 4 is 17.7 Å². The fraction of sp³-hybridized carbons (Fsp3) is 0.150. The minimum Gasteiger partial charge on any atom is -0.493 e. The average molecular weight is 408 g/mol. The van der Waals surface area contributed by atoms with E-state index < -0.39 is 11.7 Å². The minimum absolute atomic E-state index is 0.0994. The molecule has 0 aliphatic heterocycles. The van der Waals surface area contributed by atoms with Gasteiger partial charge >= 0.3 is 0 Å². The van der Waals surface area contributed by atoms with Gasteiger partial charge in [0.2, 0.25) is 5.91 Å². The highest BCUT2D eigenvalue weighted by Crippen LogP contribution is 2.28. The molecule has 3 aromatic rings. The number of hydrogen-bond donors (Lipinski definition) is 1. The zero-order valence-corrected chi connectivity index (χ0v) is 16.2. The van der Waals surface area contributed by atoms with E-state index in [9.17, 15) is 9.18 Å². The van der Waals surface area contributed by atoms with Gasteiger partial charge in [-0.25, -0.2) is 4.39 Å². The Hall–Kier alpha value is -4.26. The van der Waals surface area contributed by atoms with Crippen molar-refractivity contribution in [2.24, 2.45) is 0 Å². The Balaban J connectivity index is 1.72. The fourth-order valence-electron chi connectivity index (χ4n) is 2.58. The van der Waals surface area contributed by atoms with Crippen LogP contribution in [0.25, 0.3) is 11.8 Å². The van der Waals surface area contributed by atoms with Crippen LogP contribution in [0.5, 0.6) is 11.5 Å². The van der Waals surface area contributed by atoms with Gasteiger partial charge in [0.1, 0.15) is 17.6 Å². The number of benzene rings is 2. The Bertz CT molecular complexity index is 1140. The smallest absolute Gasteiger partial charge is 0.248 e. The molecular formula is C20H17FN6O3. The summed E-state index contributed by atoms with van der Waals surface area (Å²) in [7, 11) is 1.48. The number of hydrogen-bond acceptors (Lipinski definition) is 7. The van der Waals surface area contributed by atoms with Gasteiger partial charge in [-0.05, 0) is 59.3 Å². The van der Waals surface area contributed by atoms with E-state index in [1.165, 1.54) is 36.1 Å². The van der Waals surface area contributed by atoms with Crippen LogP contribution in [0.4, 0.5) is 10.1 Å². The van der Waals surface area contributed by atoms with Crippen molar-refractivity contribution < 1.29 is 18.7 Å². The Morgan fingerprint density at radius 3 is 2.83 bits per heavy atom. The SMILES string of the molecule is COc1cc(/C=C/C(=O)Nc2ccc(F)c(-n3nnnc3C)c2)ccc1OCC#N. The molecule has 0 saturated carbocycles. The number of carbonyl (C=O) groups excluding carboxylic acids is 1. The third-order valence-electron chi connectivity index (χ3n) is 3.97. The molecule has 0 aliphatic rings. The summed E-state index contributed by atoms with van der Waals surface area (Å²) in [6.45, 7) is 1.54. The maximum atomic E-state index is 14.1. The van der Waals surface area contributed by atoms with Crippen LogP contribution in [0.2, 0.25) is 0 Å². The number of anilines is 1. The number of tetrazole rings is 1. The second-order valence-electron chi connectivity index (χ2n) is 5.98. The van der Waals surface area contributed by atoms with Crippen molar-refractivity contribution in [1.82, 2.24) is 20.2 Å². The molecule has 2 aromatic carbocycles. The molecule has 9 nitrogen and oxygen atoms in total. The molecular weight excluding hydrogens is 391 g/mol. The number of aromatic nitrogens is 4. The van der Waals surface area contributed by atoms with Gasteiger partial charge in [-0.1, -0.05) is 6.07 Å². The zero-order valence-electron chi connectivity index (χ0n) is 16.2. The molecule has 0 fully saturated rings. The second-order valence-corrected chi connectivity index (χ2v) is 5.98. The number of carbonyl (C=O) groups is 1. The van der Waals surface area contributed by atoms with Gasteiger partial charge in [-0.15, -0.1) is 5.10 Å². The molecule has 0 radical (unpaired) electrons. The van der Waals surface area contributed by atoms with Crippen molar-refractivity contribution in [2.75, 3.05) is 19.0 Å². The first kappa shape index (κ1) is 20.5. The molecule has 0 unspecified atom stereocenters. The molecule has 0 bridgehead atoms. The largest absolute Gasteiger partial charge is 0.493 e. The summed E-state index contributed by atoms with van der Waals surface area (Å²) in [5, 5.41) is 22.2. The van der Waals surface area contributed by atoms with E-state index in [4.69, 9.17) is 14.7 Å². The van der Waals surface area contributed by atoms with Gasteiger partial charge in [0.25, 0.3) is 0 Å². The minimum atomic E-state index is -0.523. The number of aryl methyl sites for hydroxylation is 1. The Kier molecular flexibility index (Phi) is 6.34. The van der Waals surface area contributed by atoms with Crippen molar-refractivity contribution in [3.8, 4) is 23.3 Å². The summed E-state index contributed by atoms with van der Waals surface area (Å²) in [6, 6.07) is 11.0. The topological polar surface area (TPSA) is 115 Å². The molecule has 3 rings (SSSR count). The van der Waals surface area contributed by atoms with Gasteiger partial charge < -0.3 is 14.8 Å². The van der Waals surface area contributed by atoms with Gasteiger partial charge in [0.05, 0.1) is 7.11 Å². The standard InChI is InChI=1S/C20H17FN6O3/c1-13-24-25-26-27(13)17-12-15(5-6-16(17)21)23-20(28)8-4-14-3-7-18(30-10-9-22)19(11-14)29-2/h3-8,11-12H,10H2,1-2H3,(H,23,28)/b8-4+. The molecule has 30 heavy (non-hydrogen) atoms. The predicted molar refractivity (Wildman–Crippen MR) is 106 cm³/mol. The summed E-state index contributed by atoms with van der Waals surface area (Å²) >= 11 is 0. The molecule has 1 N–H and O–H groups in total. The van der Waals surface area contributed by atoms with Crippen molar-refractivity contribution in [2.45, 2.75) is 6.92 Å². The highest BCUT2D eigenvalue weighted by atomic mass is 19.1. The monoisotopic (exact) mass is 408 g/mol. The normalized spacial score (nSPS) is 10.6. The fourth-order valence-corrected chi connectivity index (χ4v) is 2.58. The van der Waals surface area contributed by atoms with Gasteiger partial charge in [0.15, 0.2) is 23.9 Å². The summed E-state index contributed by atoms with van der Waals surface area (Å²) < 4.78 is 25.9. The number of ether oxygens (including phenoxy) is 2. The maximum absolute atomic E-state index is 14.1. The summed E-state index contributed by atoms with van der Waals surface area (Å²) in [6.07, 6.45) is 2.91. The molecule has 152 valence electrons. The van der Waals surface area contributed by atoms with E-state index in [1.807, 2.05) is 6.07 Å². The highest BCUT2D eigenvalue weighted by molar-refractivity contribution is 6.02. The van der Waals surface area contributed by atoms with Gasteiger partial charge in [0, 0.05) is 11.8 Å². The Morgan fingerprint density at radius 1 is 1.30 bits per heavy atom. The molecule has 10 heteroatoms. The van der Waals surface area contributed by atoms with Crippen LogP contribution in [0.15, 0.2) is 42.5 Å². The van der Waals surface area contributed by atoms with Crippen LogP contribution >= 0.6 is 0 Å². The van der Waals surface area contributed by atoms with Crippen LogP contribution in [0.3, 0.4) is 0 Å². The van der Waals surface area contributed by atoms with E-state index in [0.29, 0.717) is 28.6 Å². The first-order chi connectivity index (χ1) is 14.5. The lowest BCUT2D eigenvalue weighted by molar-refractivity contribution is -0.111. The Labute approximate surface area is 171 Å². The summed E-state index contributed by atoms with van der Waals surface area (Å²) in [4.78, 5) is 12.3. The number of nitriles is 1. The average Bonchev–Trinajstić information content (AvgIpc) is 3.18. The number of methoxy groups -OCH3 is 1. The zero-order chi connectivity index (χ0) is 21.5. The van der Waals surface area contributed by atoms with Gasteiger partial charge in [-0.2, -0.15) is 9.94 Å². The molecule has 0 aliphatic carbocycles. The summed E-state index contributed by atoms with van der Waals surface area (Å²) in [5.74, 6) is 0.341. The lowest BCUT2D eigenvalue weighted by atomic mass is 10.2. The molecule has 1 heterocycles. The van der Waals surface area contributed by atoms with Crippen LogP contribution in [0.1, 0.15) is 11.4 Å². The third-order valence-corrected chi connectivity index (χ3v) is 3.97. The van der Waals surface area contributed by atoms with Crippen LogP contribution in [-0.2, 0) is 4.79 Å². The van der Waals surface area contributed by atoms with Crippen LogP contribution < -0.4 is 14.8 Å². The van der Waals surface area contributed by atoms with Crippen molar-refractivity contribution in [3.05, 3.63) is 59.7 Å². The van der Waals surface area contributed by atoms with Crippen molar-refractivity contribution in [1.29, 1.82) is 5.26 Å². The van der Waals surface area contributed by atoms with E-state index >= 15 is 0 Å². The number of halogens is 1. The highest BCUT2D eigenvalue weighted by Gasteiger charge is 2.11. The van der Waals surface area contributed by atoms with Gasteiger partial charge in [-0.3, -0.25) is 4.79 Å². The van der Waals surface area contributed by atoms with Crippen LogP contribution in [-0.4, -0.2) is 39.8 Å². The maximum Gasteiger partial charge on any atom is 0.248 e. The summed E-state index contributed by atoms with van der Waals surface area (Å²) in [5.41, 5.74) is 1.20. The number of rotatable bonds is 7. The Morgan fingerprint density at radius 2 is 2.13 bits per heavy atom. The molecule has 0 atom stereocenters. The number of nitrogens with one attached hydrogen (secondary N) is 1. The quantitative estimate of drug-likeness (QED) is 0.598. The van der Waals surface area contributed by atoms with E-state index in [-0.39, 0.29) is 12.3 Å². The molecule has 1 amide bonds.